The van der Waals surface area contributed by atoms with Crippen molar-refractivity contribution >= 4 is 39.5 Å². The van der Waals surface area contributed by atoms with E-state index in [9.17, 15) is 43.2 Å². The number of ether oxygens (including phenoxy) is 4. The molecule has 642 valence electrons. The molecule has 0 aromatic heterocycles. The Morgan fingerprint density at radius 1 is 0.250 bits per heavy atom. The van der Waals surface area contributed by atoms with E-state index < -0.39 is 97.5 Å². The molecule has 0 heterocycles. The van der Waals surface area contributed by atoms with Gasteiger partial charge in [-0.3, -0.25) is 37.3 Å². The third-order valence-electron chi connectivity index (χ3n) is 21.0. The van der Waals surface area contributed by atoms with E-state index in [1.165, 1.54) is 302 Å². The number of carbonyl (C=O) groups is 4. The molecule has 108 heavy (non-hydrogen) atoms. The van der Waals surface area contributed by atoms with Gasteiger partial charge in [-0.05, 0) is 31.6 Å². The van der Waals surface area contributed by atoms with E-state index in [0.717, 1.165) is 102 Å². The Morgan fingerprint density at radius 2 is 0.426 bits per heavy atom. The standard InChI is InChI=1S/C89H174O17P2/c1-6-9-12-15-18-21-23-25-27-29-31-33-35-37-41-45-49-53-58-63-68-73-87(92)100-79-85(106-89(94)75-69-64-59-54-50-46-42-38-36-34-32-30-28-26-24-22-19-16-13-10-7-2)81-104-108(97,98)102-77-83(90)76-101-107(95,96)103-80-84(78-99-86(91)72-67-62-57-20-17-14-11-8-3)105-88(93)74-70-65-60-55-51-47-43-39-40-44-48-52-56-61-66-71-82(4)5/h82-85,90H,6-81H2,1-5H3,(H,95,96)(H,97,98)/t83-,84+,85+/m0/s1. The molecule has 0 radical (unpaired) electrons. The third kappa shape index (κ3) is 82.1. The van der Waals surface area contributed by atoms with Crippen molar-refractivity contribution in [1.29, 1.82) is 0 Å². The van der Waals surface area contributed by atoms with E-state index in [-0.39, 0.29) is 25.7 Å². The van der Waals surface area contributed by atoms with Crippen LogP contribution in [0, 0.1) is 5.92 Å². The molecule has 0 bridgehead atoms. The van der Waals surface area contributed by atoms with Gasteiger partial charge in [-0.1, -0.05) is 433 Å². The zero-order valence-corrected chi connectivity index (χ0v) is 72.8. The van der Waals surface area contributed by atoms with Gasteiger partial charge in [0.2, 0.25) is 0 Å². The average Bonchev–Trinajstić information content (AvgIpc) is 0.899. The lowest BCUT2D eigenvalue weighted by atomic mass is 10.0. The van der Waals surface area contributed by atoms with Gasteiger partial charge in [0.05, 0.1) is 26.4 Å². The van der Waals surface area contributed by atoms with Crippen molar-refractivity contribution in [2.24, 2.45) is 5.92 Å². The number of hydrogen-bond donors (Lipinski definition) is 3. The van der Waals surface area contributed by atoms with Crippen LogP contribution in [0.3, 0.4) is 0 Å². The highest BCUT2D eigenvalue weighted by atomic mass is 31.2. The highest BCUT2D eigenvalue weighted by Crippen LogP contribution is 2.45. The Labute approximate surface area is 664 Å². The summed E-state index contributed by atoms with van der Waals surface area (Å²) >= 11 is 0. The van der Waals surface area contributed by atoms with Crippen LogP contribution in [0.25, 0.3) is 0 Å². The smallest absolute Gasteiger partial charge is 0.462 e. The first-order chi connectivity index (χ1) is 52.5. The summed E-state index contributed by atoms with van der Waals surface area (Å²) in [6, 6.07) is 0. The molecule has 0 fully saturated rings. The lowest BCUT2D eigenvalue weighted by molar-refractivity contribution is -0.161. The van der Waals surface area contributed by atoms with Gasteiger partial charge in [0.1, 0.15) is 19.3 Å². The van der Waals surface area contributed by atoms with E-state index in [1.54, 1.807) is 0 Å². The molecule has 5 atom stereocenters. The van der Waals surface area contributed by atoms with Gasteiger partial charge in [0, 0.05) is 25.7 Å². The second kappa shape index (κ2) is 81.6. The molecule has 17 nitrogen and oxygen atoms in total. The summed E-state index contributed by atoms with van der Waals surface area (Å²) in [5.74, 6) is -1.30. The fourth-order valence-corrected chi connectivity index (χ4v) is 15.6. The van der Waals surface area contributed by atoms with Crippen molar-refractivity contribution < 1.29 is 80.2 Å². The van der Waals surface area contributed by atoms with Gasteiger partial charge in [-0.15, -0.1) is 0 Å². The number of unbranched alkanes of at least 4 members (excludes halogenated alkanes) is 61. The second-order valence-electron chi connectivity index (χ2n) is 32.5. The van der Waals surface area contributed by atoms with Crippen molar-refractivity contribution in [3.63, 3.8) is 0 Å². The highest BCUT2D eigenvalue weighted by molar-refractivity contribution is 7.47. The monoisotopic (exact) mass is 1580 g/mol. The predicted octanol–water partition coefficient (Wildman–Crippen LogP) is 27.5. The zero-order valence-electron chi connectivity index (χ0n) is 71.0. The molecular weight excluding hydrogens is 1400 g/mol. The van der Waals surface area contributed by atoms with Crippen molar-refractivity contribution in [3.05, 3.63) is 0 Å². The van der Waals surface area contributed by atoms with Crippen LogP contribution in [-0.2, 0) is 65.4 Å². The molecule has 0 saturated heterocycles. The Kier molecular flexibility index (Phi) is 80.2. The van der Waals surface area contributed by atoms with Gasteiger partial charge < -0.3 is 33.8 Å². The largest absolute Gasteiger partial charge is 0.472 e. The van der Waals surface area contributed by atoms with Crippen LogP contribution in [0.4, 0.5) is 0 Å². The lowest BCUT2D eigenvalue weighted by Gasteiger charge is -2.21. The first kappa shape index (κ1) is 106. The van der Waals surface area contributed by atoms with E-state index in [2.05, 4.69) is 34.6 Å². The Hall–Kier alpha value is -1.94. The molecule has 0 rings (SSSR count). The van der Waals surface area contributed by atoms with Gasteiger partial charge in [0.15, 0.2) is 12.2 Å². The summed E-state index contributed by atoms with van der Waals surface area (Å²) in [4.78, 5) is 73.2. The molecule has 2 unspecified atom stereocenters. The van der Waals surface area contributed by atoms with Crippen LogP contribution >= 0.6 is 15.6 Å². The Balaban J connectivity index is 5.17. The maximum absolute atomic E-state index is 13.2. The van der Waals surface area contributed by atoms with Crippen molar-refractivity contribution in [3.8, 4) is 0 Å². The van der Waals surface area contributed by atoms with Crippen LogP contribution in [0.15, 0.2) is 0 Å². The molecule has 0 aromatic carbocycles. The van der Waals surface area contributed by atoms with Gasteiger partial charge in [-0.25, -0.2) is 9.13 Å². The van der Waals surface area contributed by atoms with E-state index >= 15 is 0 Å². The summed E-state index contributed by atoms with van der Waals surface area (Å²) in [6.07, 6.45) is 76.7. The summed E-state index contributed by atoms with van der Waals surface area (Å²) < 4.78 is 68.9. The lowest BCUT2D eigenvalue weighted by Crippen LogP contribution is -2.30. The number of phosphoric acid groups is 2. The van der Waals surface area contributed by atoms with Crippen LogP contribution in [0.2, 0.25) is 0 Å². The molecule has 0 aromatic rings. The number of hydrogen-bond acceptors (Lipinski definition) is 15. The molecule has 0 aliphatic carbocycles. The fourth-order valence-electron chi connectivity index (χ4n) is 14.0. The normalized spacial score (nSPS) is 13.7. The molecule has 0 spiro atoms. The topological polar surface area (TPSA) is 237 Å². The Bertz CT molecular complexity index is 2050. The second-order valence-corrected chi connectivity index (χ2v) is 35.4. The quantitative estimate of drug-likeness (QED) is 0.0222. The van der Waals surface area contributed by atoms with Crippen LogP contribution in [-0.4, -0.2) is 96.7 Å². The van der Waals surface area contributed by atoms with Crippen LogP contribution in [0.5, 0.6) is 0 Å². The van der Waals surface area contributed by atoms with Crippen molar-refractivity contribution in [1.82, 2.24) is 0 Å². The Morgan fingerprint density at radius 3 is 0.630 bits per heavy atom. The zero-order chi connectivity index (χ0) is 79.0. The van der Waals surface area contributed by atoms with E-state index in [4.69, 9.17) is 37.0 Å². The van der Waals surface area contributed by atoms with Gasteiger partial charge in [0.25, 0.3) is 0 Å². The van der Waals surface area contributed by atoms with Crippen LogP contribution in [0.1, 0.15) is 484 Å². The number of aliphatic hydroxyl groups excluding tert-OH is 1. The molecule has 0 aliphatic rings. The molecule has 0 aliphatic heterocycles. The summed E-state index contributed by atoms with van der Waals surface area (Å²) in [6.45, 7) is 7.37. The number of carbonyl (C=O) groups excluding carboxylic acids is 4. The summed E-state index contributed by atoms with van der Waals surface area (Å²) in [7, 11) is -9.93. The summed E-state index contributed by atoms with van der Waals surface area (Å²) in [5.41, 5.74) is 0. The molecule has 0 amide bonds. The third-order valence-corrected chi connectivity index (χ3v) is 22.9. The first-order valence-corrected chi connectivity index (χ1v) is 49.1. The minimum Gasteiger partial charge on any atom is -0.462 e. The van der Waals surface area contributed by atoms with E-state index in [0.29, 0.717) is 25.7 Å². The maximum Gasteiger partial charge on any atom is 0.472 e. The SMILES string of the molecule is CCCCCCCCCCCCCCCCCCCCCCCC(=O)OC[C@H](COP(=O)(O)OC[C@@H](O)COP(=O)(O)OC[C@@H](COC(=O)CCCCCCCCCC)OC(=O)CCCCCCCCCCCCCCCCCC(C)C)OC(=O)CCCCCCCCCCCCCCCCCCCCCCC. The average molecular weight is 1580 g/mol. The van der Waals surface area contributed by atoms with Gasteiger partial charge in [-0.2, -0.15) is 0 Å². The number of phosphoric ester groups is 2. The maximum atomic E-state index is 13.2. The number of aliphatic hydroxyl groups is 1. The highest BCUT2D eigenvalue weighted by Gasteiger charge is 2.30. The molecule has 3 N–H and O–H groups in total. The van der Waals surface area contributed by atoms with Crippen LogP contribution < -0.4 is 0 Å². The number of esters is 4. The minimum atomic E-state index is -4.97. The molecule has 19 heteroatoms. The number of rotatable bonds is 89. The van der Waals surface area contributed by atoms with Crippen molar-refractivity contribution in [2.75, 3.05) is 39.6 Å². The van der Waals surface area contributed by atoms with E-state index in [1.807, 2.05) is 0 Å². The molecule has 0 saturated carbocycles. The molecular formula is C89H174O17P2. The van der Waals surface area contributed by atoms with Gasteiger partial charge >= 0.3 is 39.5 Å². The summed E-state index contributed by atoms with van der Waals surface area (Å²) in [5, 5.41) is 10.7. The minimum absolute atomic E-state index is 0.108. The van der Waals surface area contributed by atoms with Crippen molar-refractivity contribution in [2.45, 2.75) is 502 Å². The predicted molar refractivity (Wildman–Crippen MR) is 446 cm³/mol. The first-order valence-electron chi connectivity index (χ1n) is 46.1. The fraction of sp³-hybridized carbons (Fsp3) is 0.955.